The molecule has 176 valence electrons. The number of alkyl carbamates (subject to hydrolysis) is 1. The third kappa shape index (κ3) is 4.78. The summed E-state index contributed by atoms with van der Waals surface area (Å²) in [4.78, 5) is 40.1. The van der Waals surface area contributed by atoms with Crippen LogP contribution in [0.5, 0.6) is 0 Å². The zero-order chi connectivity index (χ0) is 24.2. The highest BCUT2D eigenvalue weighted by molar-refractivity contribution is 7.13. The maximum atomic E-state index is 12.4. The first-order valence-corrected chi connectivity index (χ1v) is 11.4. The molecule has 0 radical (unpaired) electrons. The van der Waals surface area contributed by atoms with E-state index in [4.69, 9.17) is 14.9 Å². The fraction of sp³-hybridized carbons (Fsp3) is 0.250. The van der Waals surface area contributed by atoms with Gasteiger partial charge in [0.2, 0.25) is 0 Å². The van der Waals surface area contributed by atoms with E-state index in [2.05, 4.69) is 27.8 Å². The van der Waals surface area contributed by atoms with Gasteiger partial charge in [-0.2, -0.15) is 0 Å². The predicted octanol–water partition coefficient (Wildman–Crippen LogP) is 2.67. The third-order valence-corrected chi connectivity index (χ3v) is 6.72. The van der Waals surface area contributed by atoms with Crippen LogP contribution < -0.4 is 10.6 Å². The minimum Gasteiger partial charge on any atom is -0.480 e. The number of carbonyl (C=O) groups excluding carboxylic acids is 2. The molecule has 2 amide bonds. The number of fused-ring (bicyclic) bond motifs is 3. The molecule has 0 fully saturated rings. The second-order valence-electron chi connectivity index (χ2n) is 7.75. The number of rotatable bonds is 8. The molecule has 1 aliphatic carbocycles. The minimum absolute atomic E-state index is 0.0516. The molecule has 2 aromatic carbocycles. The number of hydrogen-bond acceptors (Lipinski definition) is 7. The monoisotopic (exact) mass is 481 g/mol. The molecule has 1 atom stereocenters. The molecule has 4 rings (SSSR count). The number of carboxylic acid groups (broad SMARTS) is 1. The number of aliphatic hydroxyl groups is 1. The standard InChI is InChI=1S/C24H23N3O6S/c1-13-21(22(29)27-19(11-28)23(30)31)34-20(26-13)10-25-24(32)33-12-18-16-8-4-2-6-14(16)15-7-3-5-9-17(15)18/h2-9,18-19,28H,10-12H2,1H3,(H,25,32)(H,27,29)(H,30,31)/t19-/m0/s1. The SMILES string of the molecule is Cc1nc(CNC(=O)OCC2c3ccccc3-c3ccccc32)sc1C(=O)N[C@@H](CO)C(=O)O. The van der Waals surface area contributed by atoms with Gasteiger partial charge in [-0.25, -0.2) is 14.6 Å². The fourth-order valence-electron chi connectivity index (χ4n) is 3.95. The van der Waals surface area contributed by atoms with Crippen molar-refractivity contribution in [2.75, 3.05) is 13.2 Å². The molecule has 1 heterocycles. The quantitative estimate of drug-likeness (QED) is 0.388. The molecule has 3 aromatic rings. The predicted molar refractivity (Wildman–Crippen MR) is 125 cm³/mol. The summed E-state index contributed by atoms with van der Waals surface area (Å²) in [6, 6.07) is 14.7. The van der Waals surface area contributed by atoms with Crippen LogP contribution in [-0.2, 0) is 16.1 Å². The van der Waals surface area contributed by atoms with Crippen molar-refractivity contribution in [2.45, 2.75) is 25.4 Å². The van der Waals surface area contributed by atoms with E-state index in [0.29, 0.717) is 10.7 Å². The number of carboxylic acids is 1. The van der Waals surface area contributed by atoms with E-state index < -0.39 is 30.6 Å². The summed E-state index contributed by atoms with van der Waals surface area (Å²) in [7, 11) is 0. The van der Waals surface area contributed by atoms with Gasteiger partial charge in [-0.15, -0.1) is 11.3 Å². The zero-order valence-electron chi connectivity index (χ0n) is 18.3. The van der Waals surface area contributed by atoms with Gasteiger partial charge in [0.1, 0.15) is 16.5 Å². The van der Waals surface area contributed by atoms with E-state index >= 15 is 0 Å². The van der Waals surface area contributed by atoms with Crippen molar-refractivity contribution < 1.29 is 29.3 Å². The fourth-order valence-corrected chi connectivity index (χ4v) is 4.85. The number of nitrogens with one attached hydrogen (secondary N) is 2. The Kier molecular flexibility index (Phi) is 6.90. The number of aryl methyl sites for hydroxylation is 1. The van der Waals surface area contributed by atoms with Crippen LogP contribution in [0.4, 0.5) is 4.79 Å². The Morgan fingerprint density at radius 3 is 2.29 bits per heavy atom. The van der Waals surface area contributed by atoms with Gasteiger partial charge in [0.05, 0.1) is 18.8 Å². The molecule has 10 heteroatoms. The summed E-state index contributed by atoms with van der Waals surface area (Å²) in [5.41, 5.74) is 4.91. The highest BCUT2D eigenvalue weighted by atomic mass is 32.1. The van der Waals surface area contributed by atoms with E-state index in [0.717, 1.165) is 33.6 Å². The Hall–Kier alpha value is -3.76. The van der Waals surface area contributed by atoms with Crippen molar-refractivity contribution in [3.63, 3.8) is 0 Å². The number of aromatic nitrogens is 1. The lowest BCUT2D eigenvalue weighted by atomic mass is 9.98. The lowest BCUT2D eigenvalue weighted by molar-refractivity contribution is -0.140. The number of nitrogens with zero attached hydrogens (tertiary/aromatic N) is 1. The third-order valence-electron chi connectivity index (χ3n) is 5.56. The Morgan fingerprint density at radius 1 is 1.09 bits per heavy atom. The second-order valence-corrected chi connectivity index (χ2v) is 8.83. The second kappa shape index (κ2) is 10.0. The number of aliphatic carboxylic acids is 1. The molecule has 0 saturated heterocycles. The molecule has 4 N–H and O–H groups in total. The van der Waals surface area contributed by atoms with E-state index in [9.17, 15) is 14.4 Å². The molecular formula is C24H23N3O6S. The Balaban J connectivity index is 1.34. The average Bonchev–Trinajstić information content (AvgIpc) is 3.37. The summed E-state index contributed by atoms with van der Waals surface area (Å²) < 4.78 is 5.49. The van der Waals surface area contributed by atoms with E-state index in [-0.39, 0.29) is 23.9 Å². The summed E-state index contributed by atoms with van der Waals surface area (Å²) in [6.45, 7) is 1.12. The van der Waals surface area contributed by atoms with Crippen LogP contribution >= 0.6 is 11.3 Å². The smallest absolute Gasteiger partial charge is 0.407 e. The van der Waals surface area contributed by atoms with Crippen LogP contribution in [0.1, 0.15) is 37.4 Å². The van der Waals surface area contributed by atoms with Crippen molar-refractivity contribution in [1.29, 1.82) is 0 Å². The molecule has 0 saturated carbocycles. The molecule has 0 spiro atoms. The van der Waals surface area contributed by atoms with Gasteiger partial charge in [-0.05, 0) is 29.2 Å². The topological polar surface area (TPSA) is 138 Å². The highest BCUT2D eigenvalue weighted by Crippen LogP contribution is 2.44. The Morgan fingerprint density at radius 2 is 1.71 bits per heavy atom. The molecule has 9 nitrogen and oxygen atoms in total. The molecule has 0 unspecified atom stereocenters. The number of hydrogen-bond donors (Lipinski definition) is 4. The molecule has 1 aromatic heterocycles. The molecular weight excluding hydrogens is 458 g/mol. The number of ether oxygens (including phenoxy) is 1. The van der Waals surface area contributed by atoms with Gasteiger partial charge in [0.25, 0.3) is 5.91 Å². The number of amides is 2. The van der Waals surface area contributed by atoms with Gasteiger partial charge in [-0.3, -0.25) is 4.79 Å². The molecule has 1 aliphatic rings. The lowest BCUT2D eigenvalue weighted by Gasteiger charge is -2.14. The van der Waals surface area contributed by atoms with Gasteiger partial charge < -0.3 is 25.6 Å². The Labute approximate surface area is 199 Å². The summed E-state index contributed by atoms with van der Waals surface area (Å²) >= 11 is 1.03. The Bertz CT molecular complexity index is 1200. The van der Waals surface area contributed by atoms with Crippen LogP contribution in [0.3, 0.4) is 0 Å². The molecule has 0 bridgehead atoms. The molecule has 0 aliphatic heterocycles. The van der Waals surface area contributed by atoms with Gasteiger partial charge in [-0.1, -0.05) is 48.5 Å². The van der Waals surface area contributed by atoms with Gasteiger partial charge in [0, 0.05) is 5.92 Å². The number of carbonyl (C=O) groups is 3. The normalized spacial score (nSPS) is 13.0. The largest absolute Gasteiger partial charge is 0.480 e. The lowest BCUT2D eigenvalue weighted by Crippen LogP contribution is -2.43. The van der Waals surface area contributed by atoms with Crippen molar-refractivity contribution in [3.05, 3.63) is 75.2 Å². The number of aliphatic hydroxyl groups excluding tert-OH is 1. The average molecular weight is 482 g/mol. The highest BCUT2D eigenvalue weighted by Gasteiger charge is 2.29. The van der Waals surface area contributed by atoms with Crippen LogP contribution in [0.15, 0.2) is 48.5 Å². The van der Waals surface area contributed by atoms with Crippen molar-refractivity contribution in [1.82, 2.24) is 15.6 Å². The first-order chi connectivity index (χ1) is 16.4. The van der Waals surface area contributed by atoms with E-state index in [1.165, 1.54) is 0 Å². The maximum Gasteiger partial charge on any atom is 0.407 e. The van der Waals surface area contributed by atoms with Crippen LogP contribution in [0, 0.1) is 6.92 Å². The van der Waals surface area contributed by atoms with Crippen LogP contribution in [0.2, 0.25) is 0 Å². The first kappa shape index (κ1) is 23.4. The van der Waals surface area contributed by atoms with Gasteiger partial charge in [0.15, 0.2) is 6.04 Å². The van der Waals surface area contributed by atoms with Gasteiger partial charge >= 0.3 is 12.1 Å². The van der Waals surface area contributed by atoms with E-state index in [1.54, 1.807) is 6.92 Å². The molecule has 34 heavy (non-hydrogen) atoms. The van der Waals surface area contributed by atoms with Crippen molar-refractivity contribution in [3.8, 4) is 11.1 Å². The van der Waals surface area contributed by atoms with Crippen LogP contribution in [-0.4, -0.2) is 52.4 Å². The number of benzene rings is 2. The van der Waals surface area contributed by atoms with Crippen LogP contribution in [0.25, 0.3) is 11.1 Å². The summed E-state index contributed by atoms with van der Waals surface area (Å²) in [5, 5.41) is 23.4. The van der Waals surface area contributed by atoms with E-state index in [1.807, 2.05) is 36.4 Å². The number of thiazole rings is 1. The maximum absolute atomic E-state index is 12.4. The van der Waals surface area contributed by atoms with Crippen molar-refractivity contribution in [2.24, 2.45) is 0 Å². The first-order valence-electron chi connectivity index (χ1n) is 10.6. The minimum atomic E-state index is -1.41. The summed E-state index contributed by atoms with van der Waals surface area (Å²) in [6.07, 6.45) is -0.605. The van der Waals surface area contributed by atoms with Crippen molar-refractivity contribution >= 4 is 29.3 Å². The zero-order valence-corrected chi connectivity index (χ0v) is 19.1. The summed E-state index contributed by atoms with van der Waals surface area (Å²) in [5.74, 6) is -2.04.